The molecule has 0 spiro atoms. The van der Waals surface area contributed by atoms with Gasteiger partial charge < -0.3 is 0 Å². The van der Waals surface area contributed by atoms with E-state index in [1.54, 1.807) is 0 Å². The van der Waals surface area contributed by atoms with Crippen LogP contribution >= 0.6 is 0 Å². The van der Waals surface area contributed by atoms with Gasteiger partial charge in [-0.3, -0.25) is 0 Å². The molecule has 22 heavy (non-hydrogen) atoms. The summed E-state index contributed by atoms with van der Waals surface area (Å²) < 4.78 is 76.8. The zero-order valence-corrected chi connectivity index (χ0v) is 13.0. The molecule has 0 aromatic heterocycles. The van der Waals surface area contributed by atoms with Gasteiger partial charge in [-0.15, -0.1) is 0 Å². The van der Waals surface area contributed by atoms with Crippen LogP contribution in [0.3, 0.4) is 0 Å². The van der Waals surface area contributed by atoms with Gasteiger partial charge >= 0.3 is 5.25 Å². The molecule has 118 valence electrons. The van der Waals surface area contributed by atoms with Crippen molar-refractivity contribution in [3.8, 4) is 0 Å². The molecular formula is C14H12F2O4S2. The second-order valence-electron chi connectivity index (χ2n) is 4.60. The van der Waals surface area contributed by atoms with E-state index < -0.39 is 40.3 Å². The van der Waals surface area contributed by atoms with E-state index in [2.05, 4.69) is 0 Å². The minimum absolute atomic E-state index is 0.580. The van der Waals surface area contributed by atoms with E-state index >= 15 is 0 Å². The Hall–Kier alpha value is -1.80. The third kappa shape index (κ3) is 2.76. The van der Waals surface area contributed by atoms with Crippen LogP contribution < -0.4 is 0 Å². The van der Waals surface area contributed by atoms with Gasteiger partial charge in [-0.1, -0.05) is 36.4 Å². The average molecular weight is 346 g/mol. The third-order valence-electron chi connectivity index (χ3n) is 2.99. The van der Waals surface area contributed by atoms with Crippen LogP contribution in [0, 0.1) is 0 Å². The topological polar surface area (TPSA) is 68.3 Å². The molecule has 8 heteroatoms. The first-order valence-corrected chi connectivity index (χ1v) is 9.43. The fourth-order valence-electron chi connectivity index (χ4n) is 1.92. The summed E-state index contributed by atoms with van der Waals surface area (Å²) in [5, 5.41) is -4.37. The van der Waals surface area contributed by atoms with Gasteiger partial charge in [0.2, 0.25) is 9.84 Å². The molecule has 0 fully saturated rings. The minimum Gasteiger partial charge on any atom is -0.224 e. The molecule has 0 saturated carbocycles. The second kappa shape index (κ2) is 5.44. The number of hydrogen-bond donors (Lipinski definition) is 0. The maximum absolute atomic E-state index is 14.6. The standard InChI is InChI=1S/C14H12F2O4S2/c1-21(17,18)13-10-6-5-9-12(13)14(15,16)22(19,20)11-7-3-2-4-8-11/h2-10H,1H3. The van der Waals surface area contributed by atoms with Crippen molar-refractivity contribution in [3.63, 3.8) is 0 Å². The lowest BCUT2D eigenvalue weighted by molar-refractivity contribution is 0.0874. The molecule has 0 aliphatic heterocycles. The Labute approximate surface area is 127 Å². The fraction of sp³-hybridized carbons (Fsp3) is 0.143. The normalized spacial score (nSPS) is 13.0. The molecule has 2 aromatic carbocycles. The highest BCUT2D eigenvalue weighted by molar-refractivity contribution is 7.92. The van der Waals surface area contributed by atoms with Crippen LogP contribution in [0.5, 0.6) is 0 Å². The molecule has 0 unspecified atom stereocenters. The van der Waals surface area contributed by atoms with E-state index in [1.807, 2.05) is 0 Å². The predicted octanol–water partition coefficient (Wildman–Crippen LogP) is 2.61. The van der Waals surface area contributed by atoms with Crippen LogP contribution in [0.2, 0.25) is 0 Å². The van der Waals surface area contributed by atoms with Crippen LogP contribution in [0.4, 0.5) is 8.78 Å². The second-order valence-corrected chi connectivity index (χ2v) is 8.58. The van der Waals surface area contributed by atoms with Gasteiger partial charge in [-0.25, -0.2) is 16.8 Å². The Balaban J connectivity index is 2.72. The van der Waals surface area contributed by atoms with Gasteiger partial charge in [0, 0.05) is 6.26 Å². The SMILES string of the molecule is CS(=O)(=O)c1ccccc1C(F)(F)S(=O)(=O)c1ccccc1. The summed E-state index contributed by atoms with van der Waals surface area (Å²) in [5.41, 5.74) is -1.05. The lowest BCUT2D eigenvalue weighted by Gasteiger charge is -2.19. The monoisotopic (exact) mass is 346 g/mol. The van der Waals surface area contributed by atoms with E-state index in [4.69, 9.17) is 0 Å². The summed E-state index contributed by atoms with van der Waals surface area (Å²) in [6, 6.07) is 10.4. The van der Waals surface area contributed by atoms with Crippen molar-refractivity contribution >= 4 is 19.7 Å². The minimum atomic E-state index is -5.07. The Bertz CT molecular complexity index is 889. The summed E-state index contributed by atoms with van der Waals surface area (Å²) >= 11 is 0. The molecule has 0 heterocycles. The van der Waals surface area contributed by atoms with Crippen LogP contribution in [0.25, 0.3) is 0 Å². The molecule has 0 aliphatic rings. The van der Waals surface area contributed by atoms with E-state index in [-0.39, 0.29) is 0 Å². The van der Waals surface area contributed by atoms with Crippen molar-refractivity contribution in [1.29, 1.82) is 0 Å². The van der Waals surface area contributed by atoms with Crippen molar-refractivity contribution in [2.75, 3.05) is 6.26 Å². The van der Waals surface area contributed by atoms with Gasteiger partial charge in [0.05, 0.1) is 15.4 Å². The third-order valence-corrected chi connectivity index (χ3v) is 5.93. The van der Waals surface area contributed by atoms with Crippen LogP contribution in [0.1, 0.15) is 5.56 Å². The summed E-state index contributed by atoms with van der Waals surface area (Å²) in [7, 11) is -9.08. The highest BCUT2D eigenvalue weighted by Gasteiger charge is 2.49. The van der Waals surface area contributed by atoms with E-state index in [1.165, 1.54) is 30.3 Å². The van der Waals surface area contributed by atoms with Crippen molar-refractivity contribution in [1.82, 2.24) is 0 Å². The summed E-state index contributed by atoms with van der Waals surface area (Å²) in [6.45, 7) is 0. The first-order valence-electron chi connectivity index (χ1n) is 6.05. The van der Waals surface area contributed by atoms with Crippen molar-refractivity contribution < 1.29 is 25.6 Å². The van der Waals surface area contributed by atoms with Crippen LogP contribution in [-0.2, 0) is 24.9 Å². The summed E-state index contributed by atoms with van der Waals surface area (Å²) in [6.07, 6.45) is 0.747. The van der Waals surface area contributed by atoms with Crippen LogP contribution in [-0.4, -0.2) is 23.1 Å². The zero-order chi connectivity index (χ0) is 16.6. The number of sulfone groups is 2. The molecule has 0 radical (unpaired) electrons. The lowest BCUT2D eigenvalue weighted by Crippen LogP contribution is -2.28. The summed E-state index contributed by atoms with van der Waals surface area (Å²) in [4.78, 5) is -1.29. The van der Waals surface area contributed by atoms with E-state index in [0.717, 1.165) is 30.5 Å². The average Bonchev–Trinajstić information content (AvgIpc) is 2.47. The van der Waals surface area contributed by atoms with Gasteiger partial charge in [-0.05, 0) is 18.2 Å². The molecule has 0 atom stereocenters. The Morgan fingerprint density at radius 2 is 1.32 bits per heavy atom. The maximum Gasteiger partial charge on any atom is 0.376 e. The molecule has 0 N–H and O–H groups in total. The number of benzene rings is 2. The molecule has 0 aliphatic carbocycles. The first kappa shape index (κ1) is 16.6. The highest BCUT2D eigenvalue weighted by Crippen LogP contribution is 2.41. The van der Waals surface area contributed by atoms with Crippen molar-refractivity contribution in [3.05, 3.63) is 60.2 Å². The molecule has 4 nitrogen and oxygen atoms in total. The smallest absolute Gasteiger partial charge is 0.224 e. The Kier molecular flexibility index (Phi) is 4.09. The van der Waals surface area contributed by atoms with Crippen molar-refractivity contribution in [2.24, 2.45) is 0 Å². The van der Waals surface area contributed by atoms with E-state index in [9.17, 15) is 25.6 Å². The van der Waals surface area contributed by atoms with Gasteiger partial charge in [0.25, 0.3) is 0 Å². The molecular weight excluding hydrogens is 334 g/mol. The van der Waals surface area contributed by atoms with Gasteiger partial charge in [0.1, 0.15) is 0 Å². The Morgan fingerprint density at radius 1 is 0.818 bits per heavy atom. The number of rotatable bonds is 4. The Morgan fingerprint density at radius 3 is 1.86 bits per heavy atom. The van der Waals surface area contributed by atoms with Gasteiger partial charge in [-0.2, -0.15) is 8.78 Å². The number of alkyl halides is 2. The molecule has 0 amide bonds. The lowest BCUT2D eigenvalue weighted by atomic mass is 10.2. The first-order chi connectivity index (χ1) is 10.1. The van der Waals surface area contributed by atoms with E-state index in [0.29, 0.717) is 0 Å². The largest absolute Gasteiger partial charge is 0.376 e. The molecule has 0 saturated heterocycles. The predicted molar refractivity (Wildman–Crippen MR) is 77.1 cm³/mol. The maximum atomic E-state index is 14.6. The summed E-state index contributed by atoms with van der Waals surface area (Å²) in [5.74, 6) is 0. The van der Waals surface area contributed by atoms with Crippen molar-refractivity contribution in [2.45, 2.75) is 15.0 Å². The quantitative estimate of drug-likeness (QED) is 0.853. The van der Waals surface area contributed by atoms with Gasteiger partial charge in [0.15, 0.2) is 9.84 Å². The highest BCUT2D eigenvalue weighted by atomic mass is 32.2. The number of hydrogen-bond acceptors (Lipinski definition) is 4. The van der Waals surface area contributed by atoms with Crippen LogP contribution in [0.15, 0.2) is 64.4 Å². The number of halogens is 2. The fourth-order valence-corrected chi connectivity index (χ4v) is 4.19. The molecule has 2 aromatic rings. The molecule has 0 bridgehead atoms. The molecule has 2 rings (SSSR count). The zero-order valence-electron chi connectivity index (χ0n) is 11.4.